The number of benzene rings is 2. The monoisotopic (exact) mass is 724 g/mol. The van der Waals surface area contributed by atoms with E-state index in [4.69, 9.17) is 37.5 Å². The van der Waals surface area contributed by atoms with Crippen molar-refractivity contribution < 1.29 is 27.0 Å². The molecule has 5 aromatic rings. The summed E-state index contributed by atoms with van der Waals surface area (Å²) in [6, 6.07) is 7.12. The van der Waals surface area contributed by atoms with E-state index in [1.54, 1.807) is 32.3 Å². The van der Waals surface area contributed by atoms with Gasteiger partial charge in [-0.2, -0.15) is 15.2 Å². The van der Waals surface area contributed by atoms with E-state index < -0.39 is 35.1 Å². The second-order valence-corrected chi connectivity index (χ2v) is 14.4. The summed E-state index contributed by atoms with van der Waals surface area (Å²) in [4.78, 5) is 17.1. The first kappa shape index (κ1) is 32.5. The molecule has 258 valence electrons. The lowest BCUT2D eigenvalue weighted by Crippen LogP contribution is -2.44. The van der Waals surface area contributed by atoms with Crippen molar-refractivity contribution in [3.8, 4) is 29.0 Å². The van der Waals surface area contributed by atoms with Gasteiger partial charge in [0.1, 0.15) is 46.8 Å². The highest BCUT2D eigenvalue weighted by molar-refractivity contribution is 7.23. The van der Waals surface area contributed by atoms with Gasteiger partial charge in [0.25, 0.3) is 5.92 Å². The Labute approximate surface area is 292 Å². The molecule has 2 aliphatic heterocycles. The molecule has 0 radical (unpaired) electrons. The second-order valence-electron chi connectivity index (χ2n) is 13.0. The Bertz CT molecular complexity index is 2280. The third kappa shape index (κ3) is 4.72. The van der Waals surface area contributed by atoms with Gasteiger partial charge in [-0.1, -0.05) is 23.7 Å². The minimum Gasteiger partial charge on any atom is -0.489 e. The average Bonchev–Trinajstić information content (AvgIpc) is 3.30. The predicted octanol–water partition coefficient (Wildman–Crippen LogP) is 6.77. The lowest BCUT2D eigenvalue weighted by molar-refractivity contribution is 0.0135. The standard InChI is InChI=1S/C34H29ClF4N8O2S/c1-15(28-33(7-9-46(28)2)14-34(33,38)39)49-32-44-25-22-26(48-11-10-47(31(22)45-32)13-16-4-3-8-43-29(16)41)23(35)21(24(25)37)17-5-6-19(36)27-20(17)18(12-40)30(42)50-27/h3-6,8,15,28H,7,9-11,13-14,42H2,1-2H3,(H2,41,43). The molecule has 3 unspecified atom stereocenters. The van der Waals surface area contributed by atoms with Crippen LogP contribution in [0, 0.1) is 28.4 Å². The summed E-state index contributed by atoms with van der Waals surface area (Å²) in [5.41, 5.74) is 11.4. The van der Waals surface area contributed by atoms with Gasteiger partial charge < -0.3 is 25.8 Å². The molecule has 5 heterocycles. The minimum absolute atomic E-state index is 0.0187. The lowest BCUT2D eigenvalue weighted by Gasteiger charge is -2.31. The van der Waals surface area contributed by atoms with Gasteiger partial charge in [0.15, 0.2) is 11.6 Å². The Morgan fingerprint density at radius 1 is 1.20 bits per heavy atom. The van der Waals surface area contributed by atoms with E-state index in [-0.39, 0.29) is 97.2 Å². The van der Waals surface area contributed by atoms with E-state index in [1.165, 1.54) is 6.07 Å². The maximum absolute atomic E-state index is 17.2. The molecule has 1 saturated carbocycles. The van der Waals surface area contributed by atoms with Gasteiger partial charge in [-0.25, -0.2) is 22.5 Å². The van der Waals surface area contributed by atoms with Gasteiger partial charge in [-0.05, 0) is 44.6 Å². The number of hydrogen-bond donors (Lipinski definition) is 2. The number of pyridine rings is 1. The number of nitriles is 1. The van der Waals surface area contributed by atoms with Crippen molar-refractivity contribution in [2.24, 2.45) is 5.41 Å². The van der Waals surface area contributed by atoms with Gasteiger partial charge in [-0.15, -0.1) is 11.3 Å². The van der Waals surface area contributed by atoms with Crippen LogP contribution in [0.3, 0.4) is 0 Å². The van der Waals surface area contributed by atoms with Crippen LogP contribution in [0.5, 0.6) is 11.8 Å². The zero-order chi connectivity index (χ0) is 35.3. The number of thiophene rings is 1. The van der Waals surface area contributed by atoms with Crippen LogP contribution in [0.2, 0.25) is 5.02 Å². The normalized spacial score (nSPS) is 21.7. The highest BCUT2D eigenvalue weighted by atomic mass is 35.5. The van der Waals surface area contributed by atoms with Crippen LogP contribution < -0.4 is 25.8 Å². The number of nitrogen functional groups attached to an aromatic ring is 2. The third-order valence-electron chi connectivity index (χ3n) is 10.2. The molecule has 4 N–H and O–H groups in total. The smallest absolute Gasteiger partial charge is 0.319 e. The number of rotatable bonds is 6. The molecule has 50 heavy (non-hydrogen) atoms. The van der Waals surface area contributed by atoms with E-state index in [2.05, 4.69) is 9.97 Å². The number of ether oxygens (including phenoxy) is 2. The van der Waals surface area contributed by atoms with Crippen LogP contribution in [-0.4, -0.2) is 64.7 Å². The summed E-state index contributed by atoms with van der Waals surface area (Å²) >= 11 is 7.86. The fraction of sp³-hybridized carbons (Fsp3) is 0.353. The van der Waals surface area contributed by atoms with Crippen molar-refractivity contribution in [2.75, 3.05) is 43.1 Å². The van der Waals surface area contributed by atoms with Crippen molar-refractivity contribution in [1.82, 2.24) is 19.9 Å². The van der Waals surface area contributed by atoms with E-state index in [1.807, 2.05) is 15.9 Å². The first-order valence-corrected chi connectivity index (χ1v) is 17.0. The van der Waals surface area contributed by atoms with Crippen LogP contribution in [-0.2, 0) is 6.54 Å². The number of hydrogen-bond acceptors (Lipinski definition) is 11. The number of anilines is 3. The topological polar surface area (TPSA) is 139 Å². The molecule has 3 aromatic heterocycles. The number of aromatic nitrogens is 3. The molecule has 2 aromatic carbocycles. The Balaban J connectivity index is 1.34. The molecular formula is C34H29ClF4N8O2S. The number of nitrogens with zero attached hydrogens (tertiary/aromatic N) is 6. The third-order valence-corrected chi connectivity index (χ3v) is 11.6. The summed E-state index contributed by atoms with van der Waals surface area (Å²) < 4.78 is 74.2. The Kier molecular flexibility index (Phi) is 7.45. The number of alkyl halides is 2. The van der Waals surface area contributed by atoms with Crippen molar-refractivity contribution in [1.29, 1.82) is 5.26 Å². The van der Waals surface area contributed by atoms with E-state index in [0.29, 0.717) is 18.5 Å². The fourth-order valence-corrected chi connectivity index (χ4v) is 9.06. The van der Waals surface area contributed by atoms with Crippen LogP contribution in [0.15, 0.2) is 30.5 Å². The molecule has 0 amide bonds. The van der Waals surface area contributed by atoms with Crippen LogP contribution in [0.4, 0.5) is 34.2 Å². The summed E-state index contributed by atoms with van der Waals surface area (Å²) in [7, 11) is 1.77. The van der Waals surface area contributed by atoms with Gasteiger partial charge >= 0.3 is 6.01 Å². The lowest BCUT2D eigenvalue weighted by atomic mass is 9.92. The molecule has 8 rings (SSSR count). The van der Waals surface area contributed by atoms with Crippen LogP contribution in [0.1, 0.15) is 30.9 Å². The van der Waals surface area contributed by atoms with E-state index in [9.17, 15) is 14.0 Å². The van der Waals surface area contributed by atoms with Gasteiger partial charge in [-0.3, -0.25) is 4.90 Å². The number of likely N-dealkylation sites (tertiary alicyclic amines) is 1. The van der Waals surface area contributed by atoms with Crippen molar-refractivity contribution in [2.45, 2.75) is 44.4 Å². The first-order valence-electron chi connectivity index (χ1n) is 15.8. The number of nitrogens with two attached hydrogens (primary N) is 2. The van der Waals surface area contributed by atoms with Gasteiger partial charge in [0.05, 0.1) is 38.7 Å². The second kappa shape index (κ2) is 11.4. The summed E-state index contributed by atoms with van der Waals surface area (Å²) in [6.45, 7) is 2.68. The molecule has 1 aliphatic carbocycles. The Hall–Kier alpha value is -4.65. The van der Waals surface area contributed by atoms with Crippen molar-refractivity contribution in [3.05, 3.63) is 58.2 Å². The number of fused-ring (bicyclic) bond motifs is 1. The highest BCUT2D eigenvalue weighted by Gasteiger charge is 2.77. The molecule has 3 aliphatic rings. The summed E-state index contributed by atoms with van der Waals surface area (Å²) in [5, 5.41) is 10.1. The largest absolute Gasteiger partial charge is 0.489 e. The number of halogens is 5. The van der Waals surface area contributed by atoms with Crippen LogP contribution >= 0.6 is 22.9 Å². The molecule has 0 bridgehead atoms. The molecular weight excluding hydrogens is 696 g/mol. The summed E-state index contributed by atoms with van der Waals surface area (Å²) in [5.74, 6) is -3.80. The predicted molar refractivity (Wildman–Crippen MR) is 183 cm³/mol. The van der Waals surface area contributed by atoms with Crippen molar-refractivity contribution in [3.63, 3.8) is 0 Å². The average molecular weight is 725 g/mol. The maximum Gasteiger partial charge on any atom is 0.319 e. The highest BCUT2D eigenvalue weighted by Crippen LogP contribution is 2.68. The molecule has 10 nitrogen and oxygen atoms in total. The zero-order valence-electron chi connectivity index (χ0n) is 26.7. The maximum atomic E-state index is 17.2. The minimum atomic E-state index is -2.83. The SMILES string of the molecule is CC(Oc1nc2c3c(c(Cl)c(-c4ccc(F)c5sc(N)c(C#N)c45)c(F)c3n1)OCCN2Cc1cccnc1N)C1N(C)CCC12CC2(F)F. The zero-order valence-corrected chi connectivity index (χ0v) is 28.3. The Morgan fingerprint density at radius 2 is 1.98 bits per heavy atom. The van der Waals surface area contributed by atoms with E-state index in [0.717, 1.165) is 17.4 Å². The molecule has 2 fully saturated rings. The fourth-order valence-electron chi connectivity index (χ4n) is 7.77. The first-order chi connectivity index (χ1) is 23.9. The molecule has 3 atom stereocenters. The molecule has 16 heteroatoms. The van der Waals surface area contributed by atoms with E-state index >= 15 is 8.78 Å². The number of likely N-dealkylation sites (N-methyl/N-ethyl adjacent to an activating group) is 1. The van der Waals surface area contributed by atoms with Crippen LogP contribution in [0.25, 0.3) is 32.1 Å². The molecule has 1 saturated heterocycles. The van der Waals surface area contributed by atoms with Gasteiger partial charge in [0, 0.05) is 35.7 Å². The van der Waals surface area contributed by atoms with Gasteiger partial charge in [0.2, 0.25) is 0 Å². The Morgan fingerprint density at radius 3 is 2.70 bits per heavy atom. The molecule has 1 spiro atoms. The quantitative estimate of drug-likeness (QED) is 0.180. The summed E-state index contributed by atoms with van der Waals surface area (Å²) in [6.07, 6.45) is 0.838. The van der Waals surface area contributed by atoms with Crippen molar-refractivity contribution >= 4 is 60.6 Å².